The van der Waals surface area contributed by atoms with Gasteiger partial charge in [0.1, 0.15) is 15.7 Å². The van der Waals surface area contributed by atoms with Crippen molar-refractivity contribution in [3.8, 4) is 0 Å². The van der Waals surface area contributed by atoms with Crippen LogP contribution in [-0.4, -0.2) is 20.9 Å². The number of carbonyl (C=O) groups excluding carboxylic acids is 1. The van der Waals surface area contributed by atoms with Crippen LogP contribution in [0.4, 0.5) is 5.69 Å². The van der Waals surface area contributed by atoms with E-state index < -0.39 is 0 Å². The Bertz CT molecular complexity index is 902. The van der Waals surface area contributed by atoms with Gasteiger partial charge in [0, 0.05) is 11.4 Å². The Hall–Kier alpha value is -2.02. The average molecular weight is 393 g/mol. The predicted molar refractivity (Wildman–Crippen MR) is 101 cm³/mol. The van der Waals surface area contributed by atoms with Crippen molar-refractivity contribution in [1.29, 1.82) is 0 Å². The summed E-state index contributed by atoms with van der Waals surface area (Å²) >= 11 is 13.4. The molecule has 3 rings (SSSR count). The molecule has 0 saturated carbocycles. The van der Waals surface area contributed by atoms with Gasteiger partial charge in [0.25, 0.3) is 5.91 Å². The number of aromatic nitrogens is 3. The van der Waals surface area contributed by atoms with E-state index >= 15 is 0 Å². The number of hydrogen-bond donors (Lipinski definition) is 1. The summed E-state index contributed by atoms with van der Waals surface area (Å²) < 4.78 is 0. The first-order valence-electron chi connectivity index (χ1n) is 7.43. The lowest BCUT2D eigenvalue weighted by Gasteiger charge is -2.07. The highest BCUT2D eigenvalue weighted by molar-refractivity contribution is 7.13. The first kappa shape index (κ1) is 17.8. The van der Waals surface area contributed by atoms with Gasteiger partial charge in [-0.2, -0.15) is 0 Å². The van der Waals surface area contributed by atoms with E-state index in [1.807, 2.05) is 19.9 Å². The molecule has 1 amide bonds. The van der Waals surface area contributed by atoms with Crippen LogP contribution >= 0.6 is 34.5 Å². The smallest absolute Gasteiger partial charge is 0.267 e. The summed E-state index contributed by atoms with van der Waals surface area (Å²) in [4.78, 5) is 26.0. The number of aryl methyl sites for hydroxylation is 2. The van der Waals surface area contributed by atoms with E-state index in [1.54, 1.807) is 18.2 Å². The second kappa shape index (κ2) is 7.47. The highest BCUT2D eigenvalue weighted by Crippen LogP contribution is 2.30. The molecule has 0 bridgehead atoms. The lowest BCUT2D eigenvalue weighted by atomic mass is 10.3. The zero-order chi connectivity index (χ0) is 18.0. The molecule has 0 aliphatic carbocycles. The molecule has 5 nitrogen and oxygen atoms in total. The molecule has 3 aromatic rings. The molecule has 0 saturated heterocycles. The molecule has 0 spiro atoms. The SMILES string of the molecule is Cc1cc(C)nc(Cc2ncc(C(=O)Nc3c(Cl)cccc3Cl)s2)n1. The Morgan fingerprint density at radius 2 is 1.80 bits per heavy atom. The normalized spacial score (nSPS) is 10.7. The van der Waals surface area contributed by atoms with Crippen molar-refractivity contribution >= 4 is 46.1 Å². The largest absolute Gasteiger partial charge is 0.319 e. The standard InChI is InChI=1S/C17H14Cl2N4OS/c1-9-6-10(2)22-14(21-9)7-15-20-8-13(25-15)17(24)23-16-11(18)4-3-5-12(16)19/h3-6,8H,7H2,1-2H3,(H,23,24). The van der Waals surface area contributed by atoms with Crippen LogP contribution in [-0.2, 0) is 6.42 Å². The van der Waals surface area contributed by atoms with Crippen molar-refractivity contribution in [3.05, 3.63) is 67.6 Å². The van der Waals surface area contributed by atoms with Gasteiger partial charge in [-0.1, -0.05) is 29.3 Å². The van der Waals surface area contributed by atoms with Crippen molar-refractivity contribution in [2.75, 3.05) is 5.32 Å². The summed E-state index contributed by atoms with van der Waals surface area (Å²) in [7, 11) is 0. The first-order chi connectivity index (χ1) is 11.9. The van der Waals surface area contributed by atoms with Gasteiger partial charge >= 0.3 is 0 Å². The fourth-order valence-corrected chi connectivity index (χ4v) is 3.60. The number of nitrogens with zero attached hydrogens (tertiary/aromatic N) is 3. The van der Waals surface area contributed by atoms with Gasteiger partial charge in [-0.3, -0.25) is 4.79 Å². The quantitative estimate of drug-likeness (QED) is 0.698. The van der Waals surface area contributed by atoms with Crippen molar-refractivity contribution in [3.63, 3.8) is 0 Å². The second-order valence-corrected chi connectivity index (χ2v) is 7.34. The van der Waals surface area contributed by atoms with Crippen LogP contribution < -0.4 is 5.32 Å². The van der Waals surface area contributed by atoms with Crippen LogP contribution in [0.3, 0.4) is 0 Å². The average Bonchev–Trinajstić information content (AvgIpc) is 2.98. The molecular weight excluding hydrogens is 379 g/mol. The van der Waals surface area contributed by atoms with E-state index in [2.05, 4.69) is 20.3 Å². The van der Waals surface area contributed by atoms with Crippen molar-refractivity contribution in [2.45, 2.75) is 20.3 Å². The van der Waals surface area contributed by atoms with Gasteiger partial charge in [-0.25, -0.2) is 15.0 Å². The third kappa shape index (κ3) is 4.34. The van der Waals surface area contributed by atoms with Gasteiger partial charge in [0.05, 0.1) is 28.4 Å². The minimum Gasteiger partial charge on any atom is -0.319 e. The Morgan fingerprint density at radius 1 is 1.16 bits per heavy atom. The highest BCUT2D eigenvalue weighted by Gasteiger charge is 2.15. The van der Waals surface area contributed by atoms with E-state index in [9.17, 15) is 4.79 Å². The maximum absolute atomic E-state index is 12.4. The molecule has 0 aliphatic rings. The molecule has 0 fully saturated rings. The Labute approximate surface area is 159 Å². The lowest BCUT2D eigenvalue weighted by Crippen LogP contribution is -2.10. The summed E-state index contributed by atoms with van der Waals surface area (Å²) in [6.45, 7) is 3.85. The van der Waals surface area contributed by atoms with Crippen LogP contribution in [0.5, 0.6) is 0 Å². The van der Waals surface area contributed by atoms with E-state index in [0.717, 1.165) is 16.4 Å². The number of para-hydroxylation sites is 1. The number of amides is 1. The van der Waals surface area contributed by atoms with Gasteiger partial charge in [0.2, 0.25) is 0 Å². The van der Waals surface area contributed by atoms with Crippen molar-refractivity contribution in [2.24, 2.45) is 0 Å². The number of hydrogen-bond acceptors (Lipinski definition) is 5. The molecule has 1 N–H and O–H groups in total. The number of benzene rings is 1. The number of nitrogens with one attached hydrogen (secondary N) is 1. The number of anilines is 1. The Balaban J connectivity index is 1.75. The van der Waals surface area contributed by atoms with Gasteiger partial charge in [-0.05, 0) is 32.0 Å². The molecule has 1 aromatic carbocycles. The fraction of sp³-hybridized carbons (Fsp3) is 0.176. The van der Waals surface area contributed by atoms with Crippen LogP contribution in [0.1, 0.15) is 31.9 Å². The first-order valence-corrected chi connectivity index (χ1v) is 9.01. The summed E-state index contributed by atoms with van der Waals surface area (Å²) in [5.74, 6) is 0.382. The van der Waals surface area contributed by atoms with Crippen LogP contribution in [0.2, 0.25) is 10.0 Å². The molecular formula is C17H14Cl2N4OS. The zero-order valence-electron chi connectivity index (χ0n) is 13.5. The maximum atomic E-state index is 12.4. The highest BCUT2D eigenvalue weighted by atomic mass is 35.5. The third-order valence-corrected chi connectivity index (χ3v) is 4.94. The van der Waals surface area contributed by atoms with Gasteiger partial charge < -0.3 is 5.32 Å². The van der Waals surface area contributed by atoms with Crippen LogP contribution in [0.25, 0.3) is 0 Å². The summed E-state index contributed by atoms with van der Waals surface area (Å²) in [6, 6.07) is 6.96. The monoisotopic (exact) mass is 392 g/mol. The predicted octanol–water partition coefficient (Wildman–Crippen LogP) is 4.70. The van der Waals surface area contributed by atoms with Gasteiger partial charge in [-0.15, -0.1) is 11.3 Å². The van der Waals surface area contributed by atoms with E-state index in [4.69, 9.17) is 23.2 Å². The molecule has 2 aromatic heterocycles. The number of halogens is 2. The number of thiazole rings is 1. The molecule has 0 unspecified atom stereocenters. The third-order valence-electron chi connectivity index (χ3n) is 3.32. The molecule has 8 heteroatoms. The summed E-state index contributed by atoms with van der Waals surface area (Å²) in [6.07, 6.45) is 2.01. The lowest BCUT2D eigenvalue weighted by molar-refractivity contribution is 0.103. The topological polar surface area (TPSA) is 67.8 Å². The van der Waals surface area contributed by atoms with E-state index in [1.165, 1.54) is 17.5 Å². The molecule has 25 heavy (non-hydrogen) atoms. The Morgan fingerprint density at radius 3 is 2.44 bits per heavy atom. The molecule has 128 valence electrons. The second-order valence-electron chi connectivity index (χ2n) is 5.41. The summed E-state index contributed by atoms with van der Waals surface area (Å²) in [5, 5.41) is 4.26. The molecule has 0 aliphatic heterocycles. The minimum absolute atomic E-state index is 0.305. The van der Waals surface area contributed by atoms with Crippen LogP contribution in [0.15, 0.2) is 30.5 Å². The maximum Gasteiger partial charge on any atom is 0.267 e. The number of carbonyl (C=O) groups is 1. The fourth-order valence-electron chi connectivity index (χ4n) is 2.30. The zero-order valence-corrected chi connectivity index (χ0v) is 15.8. The number of rotatable bonds is 4. The molecule has 0 radical (unpaired) electrons. The van der Waals surface area contributed by atoms with Crippen LogP contribution in [0, 0.1) is 13.8 Å². The van der Waals surface area contributed by atoms with E-state index in [0.29, 0.717) is 32.9 Å². The molecule has 0 atom stereocenters. The van der Waals surface area contributed by atoms with Crippen molar-refractivity contribution in [1.82, 2.24) is 15.0 Å². The van der Waals surface area contributed by atoms with Crippen molar-refractivity contribution < 1.29 is 4.79 Å². The Kier molecular flexibility index (Phi) is 5.32. The van der Waals surface area contributed by atoms with Gasteiger partial charge in [0.15, 0.2) is 0 Å². The van der Waals surface area contributed by atoms with E-state index in [-0.39, 0.29) is 5.91 Å². The molecule has 2 heterocycles. The summed E-state index contributed by atoms with van der Waals surface area (Å²) in [5.41, 5.74) is 2.21. The minimum atomic E-state index is -0.305.